The minimum absolute atomic E-state index is 0.827. The van der Waals surface area contributed by atoms with E-state index in [-0.39, 0.29) is 0 Å². The first kappa shape index (κ1) is 15.3. The highest BCUT2D eigenvalue weighted by Gasteiger charge is 2.16. The van der Waals surface area contributed by atoms with Crippen molar-refractivity contribution in [2.75, 3.05) is 0 Å². The number of benzene rings is 1. The molecule has 120 valence electrons. The minimum Gasteiger partial charge on any atom is -0.309 e. The van der Waals surface area contributed by atoms with Crippen molar-refractivity contribution in [2.24, 2.45) is 7.05 Å². The van der Waals surface area contributed by atoms with Crippen LogP contribution < -0.4 is 0 Å². The fraction of sp³-hybridized carbons (Fsp3) is 0.176. The van der Waals surface area contributed by atoms with Crippen LogP contribution in [0.15, 0.2) is 46.2 Å². The summed E-state index contributed by atoms with van der Waals surface area (Å²) in [4.78, 5) is 9.92. The van der Waals surface area contributed by atoms with Gasteiger partial charge in [0.1, 0.15) is 22.0 Å². The van der Waals surface area contributed by atoms with E-state index in [1.165, 1.54) is 22.9 Å². The van der Waals surface area contributed by atoms with E-state index in [1.54, 1.807) is 17.7 Å². The highest BCUT2D eigenvalue weighted by molar-refractivity contribution is 7.99. The summed E-state index contributed by atoms with van der Waals surface area (Å²) in [6.45, 7) is 4.03. The van der Waals surface area contributed by atoms with Crippen molar-refractivity contribution in [3.63, 3.8) is 0 Å². The van der Waals surface area contributed by atoms with Gasteiger partial charge in [0.15, 0.2) is 5.16 Å². The van der Waals surface area contributed by atoms with Crippen molar-refractivity contribution in [3.8, 4) is 11.1 Å². The molecule has 24 heavy (non-hydrogen) atoms. The molecule has 0 saturated heterocycles. The van der Waals surface area contributed by atoms with Gasteiger partial charge in [0.25, 0.3) is 0 Å². The lowest BCUT2D eigenvalue weighted by Crippen LogP contribution is -1.94. The molecule has 3 aromatic heterocycles. The Hall–Kier alpha value is -2.25. The maximum absolute atomic E-state index is 4.51. The Morgan fingerprint density at radius 1 is 1.04 bits per heavy atom. The molecule has 4 aromatic rings. The van der Waals surface area contributed by atoms with E-state index in [0.29, 0.717) is 0 Å². The lowest BCUT2D eigenvalue weighted by atomic mass is 10.1. The third-order valence-electron chi connectivity index (χ3n) is 3.94. The largest absolute Gasteiger partial charge is 0.309 e. The molecule has 0 aliphatic heterocycles. The average Bonchev–Trinajstić information content (AvgIpc) is 3.15. The summed E-state index contributed by atoms with van der Waals surface area (Å²) < 4.78 is 1.97. The molecule has 0 N–H and O–H groups in total. The molecule has 1 aromatic carbocycles. The van der Waals surface area contributed by atoms with E-state index in [2.05, 4.69) is 56.7 Å². The van der Waals surface area contributed by atoms with Crippen LogP contribution in [-0.4, -0.2) is 24.7 Å². The minimum atomic E-state index is 0.827. The zero-order chi connectivity index (χ0) is 16.7. The van der Waals surface area contributed by atoms with Crippen molar-refractivity contribution in [1.82, 2.24) is 24.7 Å². The van der Waals surface area contributed by atoms with Gasteiger partial charge < -0.3 is 4.57 Å². The van der Waals surface area contributed by atoms with E-state index >= 15 is 0 Å². The molecule has 0 aliphatic carbocycles. The molecule has 3 heterocycles. The van der Waals surface area contributed by atoms with Crippen molar-refractivity contribution in [3.05, 3.63) is 47.4 Å². The van der Waals surface area contributed by atoms with E-state index in [1.807, 2.05) is 18.5 Å². The molecule has 4 rings (SSSR count). The quantitative estimate of drug-likeness (QED) is 0.515. The van der Waals surface area contributed by atoms with Crippen LogP contribution in [0, 0.1) is 13.8 Å². The Morgan fingerprint density at radius 3 is 2.54 bits per heavy atom. The van der Waals surface area contributed by atoms with Gasteiger partial charge in [-0.25, -0.2) is 9.97 Å². The molecule has 0 amide bonds. The van der Waals surface area contributed by atoms with Crippen LogP contribution >= 0.6 is 23.1 Å². The second-order valence-electron chi connectivity index (χ2n) is 5.57. The van der Waals surface area contributed by atoms with Crippen molar-refractivity contribution in [1.29, 1.82) is 0 Å². The van der Waals surface area contributed by atoms with Crippen LogP contribution in [0.4, 0.5) is 0 Å². The topological polar surface area (TPSA) is 56.5 Å². The van der Waals surface area contributed by atoms with Gasteiger partial charge >= 0.3 is 0 Å². The molecule has 0 aliphatic rings. The standard InChI is InChI=1S/C17H15N5S2/c1-10-4-6-12(7-5-10)13-8-23-15-14(13)16(19-9-18-15)24-17-21-20-11(2)22(17)3/h4-9H,1-3H3. The van der Waals surface area contributed by atoms with E-state index in [0.717, 1.165) is 31.8 Å². The third-order valence-corrected chi connectivity index (χ3v) is 5.87. The lowest BCUT2D eigenvalue weighted by molar-refractivity contribution is 0.765. The second-order valence-corrected chi connectivity index (χ2v) is 7.38. The molecular weight excluding hydrogens is 338 g/mol. The molecule has 0 radical (unpaired) electrons. The zero-order valence-electron chi connectivity index (χ0n) is 13.5. The van der Waals surface area contributed by atoms with Crippen LogP contribution in [-0.2, 0) is 7.05 Å². The second kappa shape index (κ2) is 5.99. The molecule has 0 spiro atoms. The molecule has 0 unspecified atom stereocenters. The number of thiophene rings is 1. The Morgan fingerprint density at radius 2 is 1.83 bits per heavy atom. The summed E-state index contributed by atoms with van der Waals surface area (Å²) in [5.74, 6) is 0.881. The lowest BCUT2D eigenvalue weighted by Gasteiger charge is -2.05. The van der Waals surface area contributed by atoms with Gasteiger partial charge in [-0.1, -0.05) is 29.8 Å². The molecule has 0 bridgehead atoms. The fourth-order valence-corrected chi connectivity index (χ4v) is 4.35. The van der Waals surface area contributed by atoms with Gasteiger partial charge in [0.05, 0.1) is 5.39 Å². The molecule has 0 atom stereocenters. The predicted octanol–water partition coefficient (Wildman–Crippen LogP) is 4.25. The Bertz CT molecular complexity index is 1020. The molecule has 7 heteroatoms. The molecule has 5 nitrogen and oxygen atoms in total. The molecular formula is C17H15N5S2. The van der Waals surface area contributed by atoms with Crippen molar-refractivity contribution >= 4 is 33.3 Å². The highest BCUT2D eigenvalue weighted by atomic mass is 32.2. The number of rotatable bonds is 3. The first-order valence-corrected chi connectivity index (χ1v) is 9.16. The summed E-state index contributed by atoms with van der Waals surface area (Å²) in [6, 6.07) is 8.54. The summed E-state index contributed by atoms with van der Waals surface area (Å²) in [6.07, 6.45) is 1.61. The number of aromatic nitrogens is 5. The monoisotopic (exact) mass is 353 g/mol. The summed E-state index contributed by atoms with van der Waals surface area (Å²) in [5, 5.41) is 13.3. The Kier molecular flexibility index (Phi) is 3.82. The van der Waals surface area contributed by atoms with E-state index in [9.17, 15) is 0 Å². The van der Waals surface area contributed by atoms with Gasteiger partial charge in [-0.05, 0) is 31.2 Å². The molecule has 0 fully saturated rings. The number of fused-ring (bicyclic) bond motifs is 1. The number of hydrogen-bond donors (Lipinski definition) is 0. The van der Waals surface area contributed by atoms with Gasteiger partial charge in [-0.2, -0.15) is 0 Å². The summed E-state index contributed by atoms with van der Waals surface area (Å²) >= 11 is 3.17. The summed E-state index contributed by atoms with van der Waals surface area (Å²) in [5.41, 5.74) is 3.59. The van der Waals surface area contributed by atoms with Crippen molar-refractivity contribution in [2.45, 2.75) is 24.0 Å². The van der Waals surface area contributed by atoms with Crippen LogP contribution in [0.2, 0.25) is 0 Å². The predicted molar refractivity (Wildman–Crippen MR) is 97.5 cm³/mol. The van der Waals surface area contributed by atoms with Gasteiger partial charge in [0.2, 0.25) is 0 Å². The smallest absolute Gasteiger partial charge is 0.197 e. The maximum atomic E-state index is 4.51. The van der Waals surface area contributed by atoms with Crippen molar-refractivity contribution < 1.29 is 0 Å². The van der Waals surface area contributed by atoms with Crippen LogP contribution in [0.5, 0.6) is 0 Å². The van der Waals surface area contributed by atoms with Gasteiger partial charge in [-0.3, -0.25) is 0 Å². The van der Waals surface area contributed by atoms with Crippen LogP contribution in [0.1, 0.15) is 11.4 Å². The number of hydrogen-bond acceptors (Lipinski definition) is 6. The average molecular weight is 353 g/mol. The van der Waals surface area contributed by atoms with Gasteiger partial charge in [0, 0.05) is 18.0 Å². The Labute approximate surface area is 147 Å². The van der Waals surface area contributed by atoms with Crippen LogP contribution in [0.3, 0.4) is 0 Å². The first-order valence-electron chi connectivity index (χ1n) is 7.46. The third kappa shape index (κ3) is 2.59. The maximum Gasteiger partial charge on any atom is 0.197 e. The van der Waals surface area contributed by atoms with E-state index in [4.69, 9.17) is 0 Å². The van der Waals surface area contributed by atoms with Gasteiger partial charge in [-0.15, -0.1) is 21.5 Å². The zero-order valence-corrected chi connectivity index (χ0v) is 15.1. The highest BCUT2D eigenvalue weighted by Crippen LogP contribution is 2.39. The number of nitrogens with zero attached hydrogens (tertiary/aromatic N) is 5. The normalized spacial score (nSPS) is 11.3. The van der Waals surface area contributed by atoms with E-state index < -0.39 is 0 Å². The first-order chi connectivity index (χ1) is 11.6. The SMILES string of the molecule is Cc1ccc(-c2csc3ncnc(Sc4nnc(C)n4C)c23)cc1. The summed E-state index contributed by atoms with van der Waals surface area (Å²) in [7, 11) is 1.96. The fourth-order valence-electron chi connectivity index (χ4n) is 2.43. The molecule has 0 saturated carbocycles. The van der Waals surface area contributed by atoms with Crippen LogP contribution in [0.25, 0.3) is 21.3 Å². The Balaban J connectivity index is 1.85. The number of aryl methyl sites for hydroxylation is 2.